The van der Waals surface area contributed by atoms with Crippen LogP contribution in [-0.4, -0.2) is 61.7 Å². The molecule has 0 atom stereocenters. The predicted octanol–water partition coefficient (Wildman–Crippen LogP) is 1.01. The average molecular weight is 225 g/mol. The van der Waals surface area contributed by atoms with E-state index in [1.807, 2.05) is 0 Å². The second-order valence-electron chi connectivity index (χ2n) is 5.33. The SMILES string of the molecule is CCC(CC)CN1CCN(C2CNC2)CC1. The number of hydrogen-bond donors (Lipinski definition) is 1. The van der Waals surface area contributed by atoms with Gasteiger partial charge in [-0.3, -0.25) is 4.90 Å². The molecule has 0 saturated carbocycles. The van der Waals surface area contributed by atoms with Gasteiger partial charge in [0.05, 0.1) is 0 Å². The van der Waals surface area contributed by atoms with Gasteiger partial charge < -0.3 is 10.2 Å². The van der Waals surface area contributed by atoms with Crippen molar-refractivity contribution < 1.29 is 0 Å². The molecule has 1 N–H and O–H groups in total. The Hall–Kier alpha value is -0.120. The summed E-state index contributed by atoms with van der Waals surface area (Å²) in [5, 5.41) is 3.36. The van der Waals surface area contributed by atoms with E-state index in [-0.39, 0.29) is 0 Å². The van der Waals surface area contributed by atoms with Crippen LogP contribution in [0.25, 0.3) is 0 Å². The summed E-state index contributed by atoms with van der Waals surface area (Å²) >= 11 is 0. The van der Waals surface area contributed by atoms with Crippen LogP contribution in [0.3, 0.4) is 0 Å². The van der Waals surface area contributed by atoms with Crippen LogP contribution in [0, 0.1) is 5.92 Å². The summed E-state index contributed by atoms with van der Waals surface area (Å²) < 4.78 is 0. The predicted molar refractivity (Wildman–Crippen MR) is 68.7 cm³/mol. The summed E-state index contributed by atoms with van der Waals surface area (Å²) in [5.41, 5.74) is 0. The van der Waals surface area contributed by atoms with Gasteiger partial charge in [0.15, 0.2) is 0 Å². The monoisotopic (exact) mass is 225 g/mol. The summed E-state index contributed by atoms with van der Waals surface area (Å²) in [7, 11) is 0. The molecule has 2 aliphatic heterocycles. The first-order chi connectivity index (χ1) is 7.83. The highest BCUT2D eigenvalue weighted by molar-refractivity contribution is 4.87. The quantitative estimate of drug-likeness (QED) is 0.753. The molecule has 2 saturated heterocycles. The van der Waals surface area contributed by atoms with Gasteiger partial charge >= 0.3 is 0 Å². The zero-order chi connectivity index (χ0) is 11.4. The lowest BCUT2D eigenvalue weighted by atomic mass is 10.0. The lowest BCUT2D eigenvalue weighted by Gasteiger charge is -2.43. The first-order valence-electron chi connectivity index (χ1n) is 7.00. The maximum absolute atomic E-state index is 3.36. The van der Waals surface area contributed by atoms with Crippen LogP contribution < -0.4 is 5.32 Å². The summed E-state index contributed by atoms with van der Waals surface area (Å²) in [6.07, 6.45) is 2.67. The van der Waals surface area contributed by atoms with Crippen molar-refractivity contribution in [3.05, 3.63) is 0 Å². The lowest BCUT2D eigenvalue weighted by Crippen LogP contribution is -2.61. The Kier molecular flexibility index (Phi) is 4.62. The maximum Gasteiger partial charge on any atom is 0.0346 e. The van der Waals surface area contributed by atoms with Crippen LogP contribution in [-0.2, 0) is 0 Å². The first kappa shape index (κ1) is 12.3. The van der Waals surface area contributed by atoms with Crippen LogP contribution >= 0.6 is 0 Å². The Balaban J connectivity index is 1.68. The van der Waals surface area contributed by atoms with Crippen molar-refractivity contribution in [2.24, 2.45) is 5.92 Å². The average Bonchev–Trinajstić information content (AvgIpc) is 2.26. The van der Waals surface area contributed by atoms with E-state index >= 15 is 0 Å². The van der Waals surface area contributed by atoms with Crippen molar-refractivity contribution >= 4 is 0 Å². The topological polar surface area (TPSA) is 18.5 Å². The van der Waals surface area contributed by atoms with E-state index in [1.54, 1.807) is 0 Å². The zero-order valence-corrected chi connectivity index (χ0v) is 10.9. The van der Waals surface area contributed by atoms with Crippen molar-refractivity contribution in [1.82, 2.24) is 15.1 Å². The summed E-state index contributed by atoms with van der Waals surface area (Å²) in [4.78, 5) is 5.33. The maximum atomic E-state index is 3.36. The van der Waals surface area contributed by atoms with E-state index in [2.05, 4.69) is 29.0 Å². The summed E-state index contributed by atoms with van der Waals surface area (Å²) in [6.45, 7) is 13.5. The van der Waals surface area contributed by atoms with Gasteiger partial charge in [0, 0.05) is 51.9 Å². The zero-order valence-electron chi connectivity index (χ0n) is 10.9. The minimum atomic E-state index is 0.843. The number of nitrogens with zero attached hydrogens (tertiary/aromatic N) is 2. The molecule has 0 bridgehead atoms. The molecule has 2 heterocycles. The van der Waals surface area contributed by atoms with E-state index in [4.69, 9.17) is 0 Å². The van der Waals surface area contributed by atoms with E-state index in [9.17, 15) is 0 Å². The largest absolute Gasteiger partial charge is 0.314 e. The molecule has 0 aromatic heterocycles. The number of piperazine rings is 1. The number of hydrogen-bond acceptors (Lipinski definition) is 3. The number of rotatable bonds is 5. The van der Waals surface area contributed by atoms with Gasteiger partial charge in [-0.25, -0.2) is 0 Å². The molecule has 0 aromatic rings. The van der Waals surface area contributed by atoms with Gasteiger partial charge in [0.25, 0.3) is 0 Å². The molecule has 0 aliphatic carbocycles. The third-order valence-electron chi connectivity index (χ3n) is 4.35. The Morgan fingerprint density at radius 1 is 1.06 bits per heavy atom. The van der Waals surface area contributed by atoms with Gasteiger partial charge in [-0.2, -0.15) is 0 Å². The second kappa shape index (κ2) is 5.99. The summed E-state index contributed by atoms with van der Waals surface area (Å²) in [5.74, 6) is 0.914. The van der Waals surface area contributed by atoms with E-state index in [0.29, 0.717) is 0 Å². The highest BCUT2D eigenvalue weighted by atomic mass is 15.3. The molecule has 94 valence electrons. The summed E-state index contributed by atoms with van der Waals surface area (Å²) in [6, 6.07) is 0.843. The normalized spacial score (nSPS) is 24.9. The molecule has 0 aromatic carbocycles. The fourth-order valence-electron chi connectivity index (χ4n) is 2.75. The van der Waals surface area contributed by atoms with Crippen LogP contribution in [0.15, 0.2) is 0 Å². The minimum Gasteiger partial charge on any atom is -0.314 e. The molecule has 3 nitrogen and oxygen atoms in total. The van der Waals surface area contributed by atoms with Crippen LogP contribution in [0.2, 0.25) is 0 Å². The molecule has 0 radical (unpaired) electrons. The Labute approximate surface area is 100 Å². The Morgan fingerprint density at radius 2 is 1.69 bits per heavy atom. The molecule has 2 rings (SSSR count). The minimum absolute atomic E-state index is 0.843. The van der Waals surface area contributed by atoms with Gasteiger partial charge in [-0.05, 0) is 5.92 Å². The van der Waals surface area contributed by atoms with Crippen molar-refractivity contribution in [3.8, 4) is 0 Å². The molecule has 0 unspecified atom stereocenters. The molecule has 0 amide bonds. The fraction of sp³-hybridized carbons (Fsp3) is 1.00. The molecular formula is C13H27N3. The van der Waals surface area contributed by atoms with Gasteiger partial charge in [-0.1, -0.05) is 26.7 Å². The molecule has 16 heavy (non-hydrogen) atoms. The smallest absolute Gasteiger partial charge is 0.0346 e. The van der Waals surface area contributed by atoms with Crippen LogP contribution in [0.5, 0.6) is 0 Å². The number of nitrogens with one attached hydrogen (secondary N) is 1. The molecule has 2 fully saturated rings. The molecule has 0 spiro atoms. The second-order valence-corrected chi connectivity index (χ2v) is 5.33. The van der Waals surface area contributed by atoms with E-state index in [0.717, 1.165) is 12.0 Å². The van der Waals surface area contributed by atoms with Crippen molar-refractivity contribution in [2.45, 2.75) is 32.7 Å². The highest BCUT2D eigenvalue weighted by Gasteiger charge is 2.27. The van der Waals surface area contributed by atoms with Crippen LogP contribution in [0.1, 0.15) is 26.7 Å². The van der Waals surface area contributed by atoms with E-state index < -0.39 is 0 Å². The van der Waals surface area contributed by atoms with Gasteiger partial charge in [0.1, 0.15) is 0 Å². The van der Waals surface area contributed by atoms with Gasteiger partial charge in [0.2, 0.25) is 0 Å². The fourth-order valence-corrected chi connectivity index (χ4v) is 2.75. The lowest BCUT2D eigenvalue weighted by molar-refractivity contribution is 0.0647. The molecule has 3 heteroatoms. The standard InChI is InChI=1S/C13H27N3/c1-3-12(4-2)11-15-5-7-16(8-6-15)13-9-14-10-13/h12-14H,3-11H2,1-2H3. The van der Waals surface area contributed by atoms with Crippen molar-refractivity contribution in [2.75, 3.05) is 45.8 Å². The van der Waals surface area contributed by atoms with Gasteiger partial charge in [-0.15, -0.1) is 0 Å². The van der Waals surface area contributed by atoms with Crippen LogP contribution in [0.4, 0.5) is 0 Å². The van der Waals surface area contributed by atoms with E-state index in [1.165, 1.54) is 58.7 Å². The molecule has 2 aliphatic rings. The third-order valence-corrected chi connectivity index (χ3v) is 4.35. The highest BCUT2D eigenvalue weighted by Crippen LogP contribution is 2.14. The molecular weight excluding hydrogens is 198 g/mol. The Morgan fingerprint density at radius 3 is 2.12 bits per heavy atom. The Bertz CT molecular complexity index is 191. The third kappa shape index (κ3) is 2.96. The van der Waals surface area contributed by atoms with Crippen molar-refractivity contribution in [3.63, 3.8) is 0 Å². The first-order valence-corrected chi connectivity index (χ1v) is 7.00. The van der Waals surface area contributed by atoms with Crippen molar-refractivity contribution in [1.29, 1.82) is 0 Å².